The van der Waals surface area contributed by atoms with Gasteiger partial charge in [-0.3, -0.25) is 4.79 Å². The lowest BCUT2D eigenvalue weighted by Gasteiger charge is -2.04. The Bertz CT molecular complexity index is 800. The van der Waals surface area contributed by atoms with Crippen molar-refractivity contribution in [1.29, 1.82) is 0 Å². The molecule has 3 aromatic rings. The second kappa shape index (κ2) is 8.53. The van der Waals surface area contributed by atoms with Gasteiger partial charge in [0, 0.05) is 18.5 Å². The Morgan fingerprint density at radius 1 is 1.16 bits per heavy atom. The number of thiophene rings is 1. The standard InChI is InChI=1S/C18H18FN3O2S/c19-14-9-7-13(8-10-14)18(23)20-11-3-1-2-6-16-21-17(22-24-16)15-5-4-12-25-15/h4-5,7-10,12H,1-3,6,11H2,(H,20,23). The number of nitrogens with zero attached hydrogens (tertiary/aromatic N) is 2. The second-order valence-corrected chi connectivity index (χ2v) is 6.51. The van der Waals surface area contributed by atoms with Crippen molar-refractivity contribution in [3.05, 3.63) is 59.0 Å². The molecule has 1 amide bonds. The summed E-state index contributed by atoms with van der Waals surface area (Å²) in [6.07, 6.45) is 3.45. The summed E-state index contributed by atoms with van der Waals surface area (Å²) in [5, 5.41) is 8.78. The third-order valence-electron chi connectivity index (χ3n) is 3.67. The lowest BCUT2D eigenvalue weighted by molar-refractivity contribution is 0.0953. The molecule has 1 N–H and O–H groups in total. The lowest BCUT2D eigenvalue weighted by atomic mass is 10.2. The van der Waals surface area contributed by atoms with Crippen LogP contribution in [-0.4, -0.2) is 22.6 Å². The minimum Gasteiger partial charge on any atom is -0.352 e. The van der Waals surface area contributed by atoms with Crippen molar-refractivity contribution < 1.29 is 13.7 Å². The van der Waals surface area contributed by atoms with E-state index in [1.165, 1.54) is 24.3 Å². The molecule has 2 aromatic heterocycles. The molecule has 0 saturated heterocycles. The number of aryl methyl sites for hydroxylation is 1. The molecule has 0 unspecified atom stereocenters. The van der Waals surface area contributed by atoms with Crippen LogP contribution in [0.25, 0.3) is 10.7 Å². The minimum atomic E-state index is -0.347. The minimum absolute atomic E-state index is 0.183. The molecule has 7 heteroatoms. The summed E-state index contributed by atoms with van der Waals surface area (Å²) in [5.41, 5.74) is 0.466. The Labute approximate surface area is 148 Å². The molecule has 3 rings (SSSR count). The van der Waals surface area contributed by atoms with Crippen molar-refractivity contribution in [3.8, 4) is 10.7 Å². The highest BCUT2D eigenvalue weighted by Gasteiger charge is 2.09. The number of carbonyl (C=O) groups excluding carboxylic acids is 1. The number of aromatic nitrogens is 2. The molecule has 5 nitrogen and oxygen atoms in total. The first-order valence-corrected chi connectivity index (χ1v) is 9.00. The summed E-state index contributed by atoms with van der Waals surface area (Å²) in [5.74, 6) is 0.743. The average Bonchev–Trinajstić information content (AvgIpc) is 3.29. The van der Waals surface area contributed by atoms with Crippen LogP contribution in [0.2, 0.25) is 0 Å². The van der Waals surface area contributed by atoms with Crippen molar-refractivity contribution in [3.63, 3.8) is 0 Å². The van der Waals surface area contributed by atoms with Gasteiger partial charge < -0.3 is 9.84 Å². The van der Waals surface area contributed by atoms with Crippen molar-refractivity contribution in [2.24, 2.45) is 0 Å². The average molecular weight is 359 g/mol. The van der Waals surface area contributed by atoms with Gasteiger partial charge in [0.2, 0.25) is 11.7 Å². The zero-order valence-corrected chi connectivity index (χ0v) is 14.4. The summed E-state index contributed by atoms with van der Waals surface area (Å²) in [6.45, 7) is 0.584. The van der Waals surface area contributed by atoms with E-state index in [0.717, 1.165) is 30.6 Å². The zero-order valence-electron chi connectivity index (χ0n) is 13.6. The first kappa shape index (κ1) is 17.3. The van der Waals surface area contributed by atoms with Gasteiger partial charge >= 0.3 is 0 Å². The van der Waals surface area contributed by atoms with E-state index >= 15 is 0 Å². The molecule has 0 saturated carbocycles. The zero-order chi connectivity index (χ0) is 17.5. The Balaban J connectivity index is 1.32. The number of hydrogen-bond donors (Lipinski definition) is 1. The number of rotatable bonds is 8. The van der Waals surface area contributed by atoms with Crippen LogP contribution in [0, 0.1) is 5.82 Å². The Morgan fingerprint density at radius 2 is 2.00 bits per heavy atom. The molecule has 1 aromatic carbocycles. The van der Waals surface area contributed by atoms with Crippen LogP contribution in [0.4, 0.5) is 4.39 Å². The summed E-state index contributed by atoms with van der Waals surface area (Å²) in [7, 11) is 0. The van der Waals surface area contributed by atoms with Crippen LogP contribution >= 0.6 is 11.3 Å². The number of halogens is 1. The van der Waals surface area contributed by atoms with Crippen molar-refractivity contribution >= 4 is 17.2 Å². The van der Waals surface area contributed by atoms with Crippen LogP contribution in [0.1, 0.15) is 35.5 Å². The summed E-state index contributed by atoms with van der Waals surface area (Å²) in [4.78, 5) is 17.2. The van der Waals surface area contributed by atoms with E-state index < -0.39 is 0 Å². The first-order valence-electron chi connectivity index (χ1n) is 8.12. The van der Waals surface area contributed by atoms with E-state index in [-0.39, 0.29) is 11.7 Å². The largest absolute Gasteiger partial charge is 0.352 e. The van der Waals surface area contributed by atoms with Gasteiger partial charge in [0.25, 0.3) is 5.91 Å². The van der Waals surface area contributed by atoms with Crippen LogP contribution in [0.3, 0.4) is 0 Å². The predicted octanol–water partition coefficient (Wildman–Crippen LogP) is 4.08. The predicted molar refractivity (Wildman–Crippen MR) is 93.9 cm³/mol. The fourth-order valence-electron chi connectivity index (χ4n) is 2.35. The third kappa shape index (κ3) is 4.96. The van der Waals surface area contributed by atoms with Crippen molar-refractivity contribution in [2.45, 2.75) is 25.7 Å². The van der Waals surface area contributed by atoms with Gasteiger partial charge in [0.15, 0.2) is 0 Å². The van der Waals surface area contributed by atoms with Gasteiger partial charge in [-0.05, 0) is 48.6 Å². The van der Waals surface area contributed by atoms with Gasteiger partial charge in [-0.1, -0.05) is 17.6 Å². The summed E-state index contributed by atoms with van der Waals surface area (Å²) in [6, 6.07) is 9.43. The quantitative estimate of drug-likeness (QED) is 0.615. The maximum absolute atomic E-state index is 12.8. The molecule has 0 aliphatic carbocycles. The Kier molecular flexibility index (Phi) is 5.90. The van der Waals surface area contributed by atoms with E-state index in [9.17, 15) is 9.18 Å². The molecule has 25 heavy (non-hydrogen) atoms. The maximum Gasteiger partial charge on any atom is 0.251 e. The van der Waals surface area contributed by atoms with E-state index in [2.05, 4.69) is 15.5 Å². The number of unbranched alkanes of at least 4 members (excludes halogenated alkanes) is 2. The molecular formula is C18H18FN3O2S. The molecule has 0 fully saturated rings. The summed E-state index contributed by atoms with van der Waals surface area (Å²) >= 11 is 1.58. The number of carbonyl (C=O) groups is 1. The molecule has 0 aliphatic heterocycles. The van der Waals surface area contributed by atoms with Crippen molar-refractivity contribution in [2.75, 3.05) is 6.54 Å². The van der Waals surface area contributed by atoms with E-state index in [1.54, 1.807) is 11.3 Å². The number of amides is 1. The number of nitrogens with one attached hydrogen (secondary N) is 1. The van der Waals surface area contributed by atoms with E-state index in [1.807, 2.05) is 17.5 Å². The van der Waals surface area contributed by atoms with Crippen LogP contribution < -0.4 is 5.32 Å². The van der Waals surface area contributed by atoms with Gasteiger partial charge in [0.05, 0.1) is 4.88 Å². The second-order valence-electron chi connectivity index (χ2n) is 5.56. The van der Waals surface area contributed by atoms with Crippen LogP contribution in [-0.2, 0) is 6.42 Å². The molecule has 2 heterocycles. The van der Waals surface area contributed by atoms with E-state index in [4.69, 9.17) is 4.52 Å². The SMILES string of the molecule is O=C(NCCCCCc1nc(-c2cccs2)no1)c1ccc(F)cc1. The van der Waals surface area contributed by atoms with E-state index in [0.29, 0.717) is 23.8 Å². The Morgan fingerprint density at radius 3 is 2.76 bits per heavy atom. The van der Waals surface area contributed by atoms with Gasteiger partial charge in [-0.25, -0.2) is 4.39 Å². The van der Waals surface area contributed by atoms with Crippen LogP contribution in [0.5, 0.6) is 0 Å². The monoisotopic (exact) mass is 359 g/mol. The number of hydrogen-bond acceptors (Lipinski definition) is 5. The van der Waals surface area contributed by atoms with Gasteiger partial charge in [-0.2, -0.15) is 4.98 Å². The van der Waals surface area contributed by atoms with Crippen molar-refractivity contribution in [1.82, 2.24) is 15.5 Å². The fourth-order valence-corrected chi connectivity index (χ4v) is 2.99. The van der Waals surface area contributed by atoms with Gasteiger partial charge in [0.1, 0.15) is 5.82 Å². The molecule has 130 valence electrons. The molecular weight excluding hydrogens is 341 g/mol. The first-order chi connectivity index (χ1) is 12.2. The topological polar surface area (TPSA) is 68.0 Å². The molecule has 0 spiro atoms. The normalized spacial score (nSPS) is 10.8. The Hall–Kier alpha value is -2.54. The number of benzene rings is 1. The molecule has 0 bridgehead atoms. The maximum atomic E-state index is 12.8. The fraction of sp³-hybridized carbons (Fsp3) is 0.278. The summed E-state index contributed by atoms with van der Waals surface area (Å²) < 4.78 is 18.1. The molecule has 0 aliphatic rings. The highest BCUT2D eigenvalue weighted by molar-refractivity contribution is 7.13. The third-order valence-corrected chi connectivity index (χ3v) is 4.53. The lowest BCUT2D eigenvalue weighted by Crippen LogP contribution is -2.24. The van der Waals surface area contributed by atoms with Crippen LogP contribution in [0.15, 0.2) is 46.3 Å². The molecule has 0 atom stereocenters. The smallest absolute Gasteiger partial charge is 0.251 e. The van der Waals surface area contributed by atoms with Gasteiger partial charge in [-0.15, -0.1) is 11.3 Å². The highest BCUT2D eigenvalue weighted by Crippen LogP contribution is 2.21. The highest BCUT2D eigenvalue weighted by atomic mass is 32.1. The molecule has 0 radical (unpaired) electrons.